The molecule has 2 rings (SSSR count). The lowest BCUT2D eigenvalue weighted by atomic mass is 10.1. The Hall–Kier alpha value is -2.73. The lowest BCUT2D eigenvalue weighted by Gasteiger charge is -2.19. The summed E-state index contributed by atoms with van der Waals surface area (Å²) in [6.45, 7) is 8.14. The van der Waals surface area contributed by atoms with Gasteiger partial charge in [-0.1, -0.05) is 29.5 Å². The van der Waals surface area contributed by atoms with Crippen LogP contribution in [0.15, 0.2) is 48.5 Å². The van der Waals surface area contributed by atoms with E-state index in [1.807, 2.05) is 57.2 Å². The third-order valence-corrected chi connectivity index (χ3v) is 3.47. The minimum absolute atomic E-state index is 0.192. The van der Waals surface area contributed by atoms with Crippen molar-refractivity contribution in [3.05, 3.63) is 65.2 Å². The van der Waals surface area contributed by atoms with Crippen LogP contribution in [0.25, 0.3) is 0 Å². The maximum Gasteiger partial charge on any atom is 0.306 e. The van der Waals surface area contributed by atoms with Gasteiger partial charge in [-0.2, -0.15) is 0 Å². The van der Waals surface area contributed by atoms with E-state index in [0.29, 0.717) is 19.4 Å². The molecule has 0 unspecified atom stereocenters. The Morgan fingerprint density at radius 3 is 2.00 bits per heavy atom. The van der Waals surface area contributed by atoms with Gasteiger partial charge < -0.3 is 9.47 Å². The van der Waals surface area contributed by atoms with E-state index in [4.69, 9.17) is 9.47 Å². The summed E-state index contributed by atoms with van der Waals surface area (Å²) in [6.07, 6.45) is 0.987. The Kier molecular flexibility index (Phi) is 6.86. The van der Waals surface area contributed by atoms with E-state index in [-0.39, 0.29) is 5.97 Å². The third-order valence-electron chi connectivity index (χ3n) is 3.47. The molecular weight excluding hydrogens is 324 g/mol. The zero-order chi connectivity index (χ0) is 19.0. The Bertz CT molecular complexity index is 769. The van der Waals surface area contributed by atoms with Gasteiger partial charge in [-0.15, -0.1) is 0 Å². The summed E-state index contributed by atoms with van der Waals surface area (Å²) in [6, 6.07) is 15.8. The minimum Gasteiger partial charge on any atom is -0.494 e. The number of aryl methyl sites for hydroxylation is 1. The fourth-order valence-electron chi connectivity index (χ4n) is 2.21. The van der Waals surface area contributed by atoms with Crippen LogP contribution in [0.5, 0.6) is 5.75 Å². The first-order valence-corrected chi connectivity index (χ1v) is 8.85. The van der Waals surface area contributed by atoms with E-state index < -0.39 is 5.60 Å². The number of ether oxygens (including phenoxy) is 2. The molecule has 0 radical (unpaired) electrons. The summed E-state index contributed by atoms with van der Waals surface area (Å²) >= 11 is 0. The second-order valence-electron chi connectivity index (χ2n) is 7.18. The smallest absolute Gasteiger partial charge is 0.306 e. The van der Waals surface area contributed by atoms with Crippen LogP contribution in [0.4, 0.5) is 0 Å². The van der Waals surface area contributed by atoms with Crippen LogP contribution in [-0.4, -0.2) is 18.2 Å². The molecule has 2 aromatic carbocycles. The van der Waals surface area contributed by atoms with Crippen LogP contribution in [0.3, 0.4) is 0 Å². The van der Waals surface area contributed by atoms with Crippen molar-refractivity contribution in [2.24, 2.45) is 0 Å². The Labute approximate surface area is 156 Å². The molecule has 0 bridgehead atoms. The van der Waals surface area contributed by atoms with Crippen molar-refractivity contribution in [2.75, 3.05) is 6.61 Å². The highest BCUT2D eigenvalue weighted by molar-refractivity contribution is 5.69. The van der Waals surface area contributed by atoms with Crippen molar-refractivity contribution >= 4 is 5.97 Å². The number of rotatable bonds is 5. The summed E-state index contributed by atoms with van der Waals surface area (Å²) in [5.74, 6) is 6.87. The number of benzene rings is 2. The maximum absolute atomic E-state index is 11.6. The monoisotopic (exact) mass is 350 g/mol. The average molecular weight is 350 g/mol. The summed E-state index contributed by atoms with van der Waals surface area (Å²) in [4.78, 5) is 11.6. The molecule has 26 heavy (non-hydrogen) atoms. The Morgan fingerprint density at radius 1 is 0.923 bits per heavy atom. The van der Waals surface area contributed by atoms with Crippen molar-refractivity contribution < 1.29 is 14.3 Å². The SMILES string of the molecule is Cc1ccc(C#Cc2ccc(OCCCC(=O)OC(C)(C)C)cc2)cc1. The standard InChI is InChI=1S/C23H26O3/c1-18-7-9-19(10-8-18)11-12-20-13-15-21(16-14-20)25-17-5-6-22(24)26-23(2,3)4/h7-10,13-16H,5-6,17H2,1-4H3. The van der Waals surface area contributed by atoms with Gasteiger partial charge in [-0.25, -0.2) is 0 Å². The number of carbonyl (C=O) groups is 1. The number of carbonyl (C=O) groups excluding carboxylic acids is 1. The first kappa shape index (κ1) is 19.6. The van der Waals surface area contributed by atoms with Crippen molar-refractivity contribution in [2.45, 2.75) is 46.1 Å². The summed E-state index contributed by atoms with van der Waals surface area (Å²) in [7, 11) is 0. The normalized spacial score (nSPS) is 10.6. The molecule has 0 N–H and O–H groups in total. The van der Waals surface area contributed by atoms with Crippen molar-refractivity contribution in [3.8, 4) is 17.6 Å². The first-order chi connectivity index (χ1) is 12.3. The third kappa shape index (κ3) is 7.44. The second-order valence-corrected chi connectivity index (χ2v) is 7.18. The predicted octanol–water partition coefficient (Wildman–Crippen LogP) is 4.90. The molecule has 0 aromatic heterocycles. The number of hydrogen-bond acceptors (Lipinski definition) is 3. The maximum atomic E-state index is 11.6. The van der Waals surface area contributed by atoms with Crippen LogP contribution in [0, 0.1) is 18.8 Å². The van der Waals surface area contributed by atoms with Gasteiger partial charge in [-0.05, 0) is 70.5 Å². The fourth-order valence-corrected chi connectivity index (χ4v) is 2.21. The van der Waals surface area contributed by atoms with Gasteiger partial charge >= 0.3 is 5.97 Å². The Morgan fingerprint density at radius 2 is 1.46 bits per heavy atom. The number of hydrogen-bond donors (Lipinski definition) is 0. The van der Waals surface area contributed by atoms with E-state index in [2.05, 4.69) is 30.9 Å². The minimum atomic E-state index is -0.437. The molecule has 0 fully saturated rings. The van der Waals surface area contributed by atoms with Crippen LogP contribution in [0.1, 0.15) is 50.3 Å². The predicted molar refractivity (Wildman–Crippen MR) is 104 cm³/mol. The van der Waals surface area contributed by atoms with E-state index >= 15 is 0 Å². The molecule has 3 heteroatoms. The van der Waals surface area contributed by atoms with Gasteiger partial charge in [0, 0.05) is 17.5 Å². The van der Waals surface area contributed by atoms with E-state index in [1.165, 1.54) is 5.56 Å². The summed E-state index contributed by atoms with van der Waals surface area (Å²) < 4.78 is 10.9. The van der Waals surface area contributed by atoms with Crippen LogP contribution in [-0.2, 0) is 9.53 Å². The molecule has 3 nitrogen and oxygen atoms in total. The zero-order valence-corrected chi connectivity index (χ0v) is 16.0. The molecule has 0 aliphatic rings. The summed E-state index contributed by atoms with van der Waals surface area (Å²) in [5.41, 5.74) is 2.72. The van der Waals surface area contributed by atoms with Crippen LogP contribution in [0.2, 0.25) is 0 Å². The number of esters is 1. The zero-order valence-electron chi connectivity index (χ0n) is 16.0. The van der Waals surface area contributed by atoms with Crippen molar-refractivity contribution in [3.63, 3.8) is 0 Å². The summed E-state index contributed by atoms with van der Waals surface area (Å²) in [5, 5.41) is 0. The highest BCUT2D eigenvalue weighted by Gasteiger charge is 2.15. The van der Waals surface area contributed by atoms with Crippen molar-refractivity contribution in [1.29, 1.82) is 0 Å². The van der Waals surface area contributed by atoms with E-state index in [0.717, 1.165) is 16.9 Å². The molecule has 0 amide bonds. The molecule has 0 atom stereocenters. The van der Waals surface area contributed by atoms with Gasteiger partial charge in [0.05, 0.1) is 6.61 Å². The lowest BCUT2D eigenvalue weighted by Crippen LogP contribution is -2.23. The first-order valence-electron chi connectivity index (χ1n) is 8.85. The molecule has 0 saturated carbocycles. The van der Waals surface area contributed by atoms with Gasteiger partial charge in [-0.3, -0.25) is 4.79 Å². The second kappa shape index (κ2) is 9.10. The highest BCUT2D eigenvalue weighted by atomic mass is 16.6. The molecule has 2 aromatic rings. The van der Waals surface area contributed by atoms with Gasteiger partial charge in [0.25, 0.3) is 0 Å². The molecule has 136 valence electrons. The van der Waals surface area contributed by atoms with Gasteiger partial charge in [0.15, 0.2) is 0 Å². The molecule has 0 aliphatic heterocycles. The van der Waals surface area contributed by atoms with E-state index in [1.54, 1.807) is 0 Å². The van der Waals surface area contributed by atoms with Crippen LogP contribution >= 0.6 is 0 Å². The van der Waals surface area contributed by atoms with Crippen LogP contribution < -0.4 is 4.74 Å². The van der Waals surface area contributed by atoms with E-state index in [9.17, 15) is 4.79 Å². The molecule has 0 heterocycles. The Balaban J connectivity index is 1.77. The largest absolute Gasteiger partial charge is 0.494 e. The van der Waals surface area contributed by atoms with Gasteiger partial charge in [0.2, 0.25) is 0 Å². The molecule has 0 spiro atoms. The van der Waals surface area contributed by atoms with Gasteiger partial charge in [0.1, 0.15) is 11.4 Å². The lowest BCUT2D eigenvalue weighted by molar-refractivity contribution is -0.155. The highest BCUT2D eigenvalue weighted by Crippen LogP contribution is 2.13. The topological polar surface area (TPSA) is 35.5 Å². The average Bonchev–Trinajstić information content (AvgIpc) is 2.58. The quantitative estimate of drug-likeness (QED) is 0.437. The fraction of sp³-hybridized carbons (Fsp3) is 0.348. The molecular formula is C23H26O3. The molecule has 0 aliphatic carbocycles. The van der Waals surface area contributed by atoms with Crippen molar-refractivity contribution in [1.82, 2.24) is 0 Å². The molecule has 0 saturated heterocycles.